The van der Waals surface area contributed by atoms with Crippen LogP contribution in [0.5, 0.6) is 0 Å². The van der Waals surface area contributed by atoms with Crippen LogP contribution in [0.3, 0.4) is 0 Å². The number of hydrogen-bond donors (Lipinski definition) is 1. The van der Waals surface area contributed by atoms with Gasteiger partial charge in [-0.15, -0.1) is 5.10 Å². The van der Waals surface area contributed by atoms with Crippen molar-refractivity contribution in [2.45, 2.75) is 33.2 Å². The van der Waals surface area contributed by atoms with Crippen LogP contribution in [0.25, 0.3) is 0 Å². The van der Waals surface area contributed by atoms with Crippen LogP contribution in [0.15, 0.2) is 0 Å². The average Bonchev–Trinajstić information content (AvgIpc) is 2.46. The first-order valence-corrected chi connectivity index (χ1v) is 4.52. The van der Waals surface area contributed by atoms with Crippen molar-refractivity contribution in [3.05, 3.63) is 11.4 Å². The summed E-state index contributed by atoms with van der Waals surface area (Å²) in [6.45, 7) is 6.34. The van der Waals surface area contributed by atoms with Crippen molar-refractivity contribution in [2.75, 3.05) is 0 Å². The number of carbonyl (C=O) groups is 2. The molecule has 0 aromatic carbocycles. The molecule has 0 fully saturated rings. The molecule has 0 aliphatic carbocycles. The number of ketones is 1. The Bertz CT molecular complexity index is 420. The molecule has 1 aromatic rings. The van der Waals surface area contributed by atoms with Gasteiger partial charge in [-0.05, 0) is 20.8 Å². The van der Waals surface area contributed by atoms with Crippen LogP contribution in [-0.4, -0.2) is 26.7 Å². The fourth-order valence-corrected chi connectivity index (χ4v) is 1.29. The predicted molar refractivity (Wildman–Crippen MR) is 53.3 cm³/mol. The summed E-state index contributed by atoms with van der Waals surface area (Å²) in [6.07, 6.45) is 0. The van der Waals surface area contributed by atoms with E-state index in [9.17, 15) is 9.59 Å². The van der Waals surface area contributed by atoms with Crippen molar-refractivity contribution in [2.24, 2.45) is 5.73 Å². The number of nitrogens with zero attached hydrogens (tertiary/aromatic N) is 3. The van der Waals surface area contributed by atoms with Crippen molar-refractivity contribution in [1.82, 2.24) is 15.0 Å². The van der Waals surface area contributed by atoms with Gasteiger partial charge in [0.15, 0.2) is 11.5 Å². The molecule has 6 heteroatoms. The lowest BCUT2D eigenvalue weighted by molar-refractivity contribution is -0.125. The van der Waals surface area contributed by atoms with E-state index in [1.54, 1.807) is 20.8 Å². The van der Waals surface area contributed by atoms with Gasteiger partial charge < -0.3 is 5.73 Å². The van der Waals surface area contributed by atoms with E-state index >= 15 is 0 Å². The number of hydrogen-bond acceptors (Lipinski definition) is 4. The molecule has 15 heavy (non-hydrogen) atoms. The molecular weight excluding hydrogens is 196 g/mol. The van der Waals surface area contributed by atoms with E-state index in [1.165, 1.54) is 11.6 Å². The highest BCUT2D eigenvalue weighted by atomic mass is 16.2. The molecule has 1 amide bonds. The maximum Gasteiger partial charge on any atom is 0.244 e. The molecule has 0 unspecified atom stereocenters. The Morgan fingerprint density at radius 3 is 2.27 bits per heavy atom. The zero-order valence-electron chi connectivity index (χ0n) is 9.24. The second-order valence-electron chi connectivity index (χ2n) is 3.91. The number of carbonyl (C=O) groups excluding carboxylic acids is 2. The lowest BCUT2D eigenvalue weighted by Gasteiger charge is -2.21. The zero-order chi connectivity index (χ0) is 11.8. The van der Waals surface area contributed by atoms with E-state index in [2.05, 4.69) is 10.3 Å². The van der Waals surface area contributed by atoms with Crippen LogP contribution in [0, 0.1) is 6.92 Å². The summed E-state index contributed by atoms with van der Waals surface area (Å²) in [5, 5.41) is 7.49. The average molecular weight is 210 g/mol. The van der Waals surface area contributed by atoms with Gasteiger partial charge in [0.25, 0.3) is 0 Å². The number of primary amides is 1. The van der Waals surface area contributed by atoms with Gasteiger partial charge in [0, 0.05) is 6.92 Å². The van der Waals surface area contributed by atoms with Gasteiger partial charge in [-0.1, -0.05) is 5.21 Å². The van der Waals surface area contributed by atoms with E-state index in [4.69, 9.17) is 5.73 Å². The summed E-state index contributed by atoms with van der Waals surface area (Å²) in [4.78, 5) is 22.3. The minimum Gasteiger partial charge on any atom is -0.368 e. The lowest BCUT2D eigenvalue weighted by atomic mass is 10.0. The Balaban J connectivity index is 3.29. The van der Waals surface area contributed by atoms with E-state index in [0.717, 1.165) is 0 Å². The van der Waals surface area contributed by atoms with Crippen LogP contribution in [0.2, 0.25) is 0 Å². The standard InChI is InChI=1S/C9H14N4O2/c1-5-7(6(2)14)11-12-13(5)9(3,4)8(10)15/h1-4H3,(H2,10,15). The van der Waals surface area contributed by atoms with Gasteiger partial charge in [-0.25, -0.2) is 4.68 Å². The quantitative estimate of drug-likeness (QED) is 0.711. The van der Waals surface area contributed by atoms with Crippen molar-refractivity contribution in [3.8, 4) is 0 Å². The van der Waals surface area contributed by atoms with Crippen LogP contribution in [0.1, 0.15) is 37.0 Å². The topological polar surface area (TPSA) is 90.9 Å². The molecule has 0 radical (unpaired) electrons. The van der Waals surface area contributed by atoms with Crippen LogP contribution in [0.4, 0.5) is 0 Å². The first-order valence-electron chi connectivity index (χ1n) is 4.52. The predicted octanol–water partition coefficient (Wildman–Crippen LogP) is 0.00952. The van der Waals surface area contributed by atoms with Crippen LogP contribution in [-0.2, 0) is 10.3 Å². The zero-order valence-corrected chi connectivity index (χ0v) is 9.24. The Morgan fingerprint density at radius 2 is 1.93 bits per heavy atom. The highest BCUT2D eigenvalue weighted by molar-refractivity contribution is 5.93. The minimum absolute atomic E-state index is 0.181. The summed E-state index contributed by atoms with van der Waals surface area (Å²) < 4.78 is 1.37. The molecule has 0 bridgehead atoms. The number of amides is 1. The van der Waals surface area contributed by atoms with E-state index < -0.39 is 11.4 Å². The highest BCUT2D eigenvalue weighted by Crippen LogP contribution is 2.17. The summed E-state index contributed by atoms with van der Waals surface area (Å²) in [5.41, 5.74) is 5.08. The van der Waals surface area contributed by atoms with Crippen molar-refractivity contribution in [3.63, 3.8) is 0 Å². The first-order chi connectivity index (χ1) is 6.78. The molecule has 0 atom stereocenters. The van der Waals surface area contributed by atoms with Crippen molar-refractivity contribution in [1.29, 1.82) is 0 Å². The molecule has 0 aliphatic rings. The Labute approximate surface area is 87.4 Å². The lowest BCUT2D eigenvalue weighted by Crippen LogP contribution is -2.42. The third-order valence-electron chi connectivity index (χ3n) is 2.36. The van der Waals surface area contributed by atoms with Crippen LogP contribution >= 0.6 is 0 Å². The Hall–Kier alpha value is -1.72. The SMILES string of the molecule is CC(=O)c1nnn(C(C)(C)C(N)=O)c1C. The fourth-order valence-electron chi connectivity index (χ4n) is 1.29. The molecular formula is C9H14N4O2. The Morgan fingerprint density at radius 1 is 1.40 bits per heavy atom. The summed E-state index contributed by atoms with van der Waals surface area (Å²) in [6, 6.07) is 0. The van der Waals surface area contributed by atoms with Gasteiger partial charge in [0.05, 0.1) is 5.69 Å². The molecule has 2 N–H and O–H groups in total. The molecule has 1 aromatic heterocycles. The molecule has 82 valence electrons. The first kappa shape index (κ1) is 11.4. The highest BCUT2D eigenvalue weighted by Gasteiger charge is 2.31. The molecule has 6 nitrogen and oxygen atoms in total. The molecule has 0 saturated heterocycles. The third kappa shape index (κ3) is 1.74. The van der Waals surface area contributed by atoms with Crippen LogP contribution < -0.4 is 5.73 Å². The van der Waals surface area contributed by atoms with E-state index in [-0.39, 0.29) is 11.5 Å². The monoisotopic (exact) mass is 210 g/mol. The molecule has 0 spiro atoms. The molecule has 0 saturated carbocycles. The number of rotatable bonds is 3. The maximum atomic E-state index is 11.2. The number of aromatic nitrogens is 3. The second kappa shape index (κ2) is 3.45. The molecule has 0 aliphatic heterocycles. The van der Waals surface area contributed by atoms with Gasteiger partial charge >= 0.3 is 0 Å². The van der Waals surface area contributed by atoms with Gasteiger partial charge in [-0.2, -0.15) is 0 Å². The van der Waals surface area contributed by atoms with Gasteiger partial charge in [-0.3, -0.25) is 9.59 Å². The van der Waals surface area contributed by atoms with Crippen molar-refractivity contribution >= 4 is 11.7 Å². The van der Waals surface area contributed by atoms with E-state index in [1.807, 2.05) is 0 Å². The maximum absolute atomic E-state index is 11.2. The third-order valence-corrected chi connectivity index (χ3v) is 2.36. The van der Waals surface area contributed by atoms with Gasteiger partial charge in [0.2, 0.25) is 5.91 Å². The smallest absolute Gasteiger partial charge is 0.244 e. The molecule has 1 heterocycles. The summed E-state index contributed by atoms with van der Waals surface area (Å²) in [7, 11) is 0. The fraction of sp³-hybridized carbons (Fsp3) is 0.556. The molecule has 1 rings (SSSR count). The Kier molecular flexibility index (Phi) is 2.61. The number of nitrogens with two attached hydrogens (primary N) is 1. The normalized spacial score (nSPS) is 11.5. The summed E-state index contributed by atoms with van der Waals surface area (Å²) in [5.74, 6) is -0.704. The van der Waals surface area contributed by atoms with Crippen molar-refractivity contribution < 1.29 is 9.59 Å². The summed E-state index contributed by atoms with van der Waals surface area (Å²) >= 11 is 0. The number of Topliss-reactive ketones (excluding diaryl/α,β-unsaturated/α-hetero) is 1. The van der Waals surface area contributed by atoms with Gasteiger partial charge in [0.1, 0.15) is 5.54 Å². The van der Waals surface area contributed by atoms with E-state index in [0.29, 0.717) is 5.69 Å². The minimum atomic E-state index is -0.981. The largest absolute Gasteiger partial charge is 0.368 e. The second-order valence-corrected chi connectivity index (χ2v) is 3.91.